The molecule has 1 atom stereocenters. The number of piperidine rings is 1. The zero-order chi connectivity index (χ0) is 14.5. The Labute approximate surface area is 122 Å². The number of carboxylic acids is 1. The van der Waals surface area contributed by atoms with Gasteiger partial charge in [0.1, 0.15) is 0 Å². The minimum absolute atomic E-state index is 0.0394. The number of hydrogen-bond donors (Lipinski definition) is 1. The third-order valence-electron chi connectivity index (χ3n) is 3.47. The summed E-state index contributed by atoms with van der Waals surface area (Å²) < 4.78 is 0. The van der Waals surface area contributed by atoms with Crippen molar-refractivity contribution >= 4 is 29.3 Å². The first-order valence-corrected chi connectivity index (χ1v) is 7.65. The average Bonchev–Trinajstić information content (AvgIpc) is 2.82. The standard InChI is InChI=1S/C15H19NO3S/c1-11-5-6-13(20-11)7-8-14(17)16-9-3-2-4-12(16)10-15(18)19/h5-8,12H,2-4,9-10H2,1H3,(H,18,19)/b8-7+. The fourth-order valence-corrected chi connectivity index (χ4v) is 3.28. The normalized spacial score (nSPS) is 19.4. The molecule has 0 spiro atoms. The van der Waals surface area contributed by atoms with E-state index in [1.54, 1.807) is 22.3 Å². The number of carboxylic acid groups (broad SMARTS) is 1. The van der Waals surface area contributed by atoms with E-state index in [-0.39, 0.29) is 18.4 Å². The molecule has 1 fully saturated rings. The van der Waals surface area contributed by atoms with Gasteiger partial charge >= 0.3 is 5.97 Å². The fourth-order valence-electron chi connectivity index (χ4n) is 2.50. The molecular formula is C15H19NO3S. The topological polar surface area (TPSA) is 57.6 Å². The van der Waals surface area contributed by atoms with Gasteiger partial charge in [0.05, 0.1) is 6.42 Å². The summed E-state index contributed by atoms with van der Waals surface area (Å²) in [6.45, 7) is 2.68. The summed E-state index contributed by atoms with van der Waals surface area (Å²) >= 11 is 1.64. The molecule has 1 aromatic rings. The lowest BCUT2D eigenvalue weighted by atomic mass is 9.99. The minimum atomic E-state index is -0.840. The van der Waals surface area contributed by atoms with Crippen LogP contribution in [-0.4, -0.2) is 34.5 Å². The predicted molar refractivity (Wildman–Crippen MR) is 79.7 cm³/mol. The highest BCUT2D eigenvalue weighted by atomic mass is 32.1. The molecular weight excluding hydrogens is 274 g/mol. The molecule has 2 rings (SSSR count). The number of likely N-dealkylation sites (tertiary alicyclic amines) is 1. The molecule has 1 unspecified atom stereocenters. The maximum Gasteiger partial charge on any atom is 0.305 e. The van der Waals surface area contributed by atoms with Crippen LogP contribution in [0.4, 0.5) is 0 Å². The third kappa shape index (κ3) is 3.93. The highest BCUT2D eigenvalue weighted by molar-refractivity contribution is 7.12. The average molecular weight is 293 g/mol. The SMILES string of the molecule is Cc1ccc(/C=C/C(=O)N2CCCCC2CC(=O)O)s1. The van der Waals surface area contributed by atoms with Gasteiger partial charge in [-0.05, 0) is 44.4 Å². The Hall–Kier alpha value is -1.62. The van der Waals surface area contributed by atoms with Gasteiger partial charge in [0.25, 0.3) is 0 Å². The molecule has 4 nitrogen and oxygen atoms in total. The number of rotatable bonds is 4. The van der Waals surface area contributed by atoms with E-state index in [0.29, 0.717) is 6.54 Å². The number of carbonyl (C=O) groups is 2. The molecule has 2 heterocycles. The van der Waals surface area contributed by atoms with E-state index >= 15 is 0 Å². The van der Waals surface area contributed by atoms with Gasteiger partial charge in [-0.15, -0.1) is 11.3 Å². The molecule has 1 saturated heterocycles. The monoisotopic (exact) mass is 293 g/mol. The van der Waals surface area contributed by atoms with Gasteiger partial charge in [0.15, 0.2) is 0 Å². The Morgan fingerprint density at radius 1 is 1.45 bits per heavy atom. The van der Waals surface area contributed by atoms with Crippen molar-refractivity contribution in [3.05, 3.63) is 28.0 Å². The molecule has 0 saturated carbocycles. The first kappa shape index (κ1) is 14.8. The van der Waals surface area contributed by atoms with E-state index in [1.165, 1.54) is 4.88 Å². The van der Waals surface area contributed by atoms with E-state index in [0.717, 1.165) is 24.1 Å². The zero-order valence-electron chi connectivity index (χ0n) is 11.5. The molecule has 1 aliphatic heterocycles. The van der Waals surface area contributed by atoms with Crippen LogP contribution in [0, 0.1) is 6.92 Å². The van der Waals surface area contributed by atoms with Crippen molar-refractivity contribution in [2.75, 3.05) is 6.54 Å². The van der Waals surface area contributed by atoms with Crippen molar-refractivity contribution in [3.8, 4) is 0 Å². The molecule has 0 bridgehead atoms. The van der Waals surface area contributed by atoms with Crippen molar-refractivity contribution in [1.82, 2.24) is 4.90 Å². The maximum atomic E-state index is 12.2. The lowest BCUT2D eigenvalue weighted by molar-refractivity contribution is -0.140. The number of carbonyl (C=O) groups excluding carboxylic acids is 1. The van der Waals surface area contributed by atoms with Gasteiger partial charge in [0.2, 0.25) is 5.91 Å². The van der Waals surface area contributed by atoms with Crippen molar-refractivity contribution in [2.45, 2.75) is 38.6 Å². The molecule has 20 heavy (non-hydrogen) atoms. The summed E-state index contributed by atoms with van der Waals surface area (Å²) in [6.07, 6.45) is 6.14. The van der Waals surface area contributed by atoms with Crippen molar-refractivity contribution in [2.24, 2.45) is 0 Å². The second-order valence-electron chi connectivity index (χ2n) is 5.06. The van der Waals surface area contributed by atoms with Crippen LogP contribution in [-0.2, 0) is 9.59 Å². The van der Waals surface area contributed by atoms with Crippen LogP contribution in [0.1, 0.15) is 35.4 Å². The molecule has 1 N–H and O–H groups in total. The lowest BCUT2D eigenvalue weighted by Crippen LogP contribution is -2.44. The number of aryl methyl sites for hydroxylation is 1. The van der Waals surface area contributed by atoms with Crippen molar-refractivity contribution < 1.29 is 14.7 Å². The highest BCUT2D eigenvalue weighted by Crippen LogP contribution is 2.21. The van der Waals surface area contributed by atoms with Crippen LogP contribution in [0.3, 0.4) is 0 Å². The number of thiophene rings is 1. The molecule has 1 aromatic heterocycles. The number of nitrogens with zero attached hydrogens (tertiary/aromatic N) is 1. The molecule has 0 aliphatic carbocycles. The molecule has 0 aromatic carbocycles. The summed E-state index contributed by atoms with van der Waals surface area (Å²) in [4.78, 5) is 27.0. The fraction of sp³-hybridized carbons (Fsp3) is 0.467. The van der Waals surface area contributed by atoms with Gasteiger partial charge in [-0.3, -0.25) is 9.59 Å². The second-order valence-corrected chi connectivity index (χ2v) is 6.38. The summed E-state index contributed by atoms with van der Waals surface area (Å²) in [5.74, 6) is -0.922. The quantitative estimate of drug-likeness (QED) is 0.868. The van der Waals surface area contributed by atoms with E-state index in [2.05, 4.69) is 0 Å². The van der Waals surface area contributed by atoms with E-state index in [1.807, 2.05) is 25.1 Å². The van der Waals surface area contributed by atoms with E-state index < -0.39 is 5.97 Å². The smallest absolute Gasteiger partial charge is 0.305 e. The Balaban J connectivity index is 2.02. The van der Waals surface area contributed by atoms with Gasteiger partial charge < -0.3 is 10.0 Å². The second kappa shape index (κ2) is 6.70. The summed E-state index contributed by atoms with van der Waals surface area (Å²) in [6, 6.07) is 3.83. The highest BCUT2D eigenvalue weighted by Gasteiger charge is 2.27. The molecule has 1 aliphatic rings. The van der Waals surface area contributed by atoms with Crippen LogP contribution < -0.4 is 0 Å². The first-order chi connectivity index (χ1) is 9.56. The van der Waals surface area contributed by atoms with Gasteiger partial charge in [-0.1, -0.05) is 0 Å². The van der Waals surface area contributed by atoms with Gasteiger partial charge in [-0.25, -0.2) is 0 Å². The van der Waals surface area contributed by atoms with Crippen LogP contribution in [0.5, 0.6) is 0 Å². The van der Waals surface area contributed by atoms with Crippen LogP contribution in [0.15, 0.2) is 18.2 Å². The molecule has 5 heteroatoms. The van der Waals surface area contributed by atoms with Crippen LogP contribution >= 0.6 is 11.3 Å². The summed E-state index contributed by atoms with van der Waals surface area (Å²) in [5.41, 5.74) is 0. The maximum absolute atomic E-state index is 12.2. The third-order valence-corrected chi connectivity index (χ3v) is 4.44. The summed E-state index contributed by atoms with van der Waals surface area (Å²) in [7, 11) is 0. The first-order valence-electron chi connectivity index (χ1n) is 6.83. The number of hydrogen-bond acceptors (Lipinski definition) is 3. The predicted octanol–water partition coefficient (Wildman–Crippen LogP) is 2.93. The molecule has 1 amide bonds. The Morgan fingerprint density at radius 2 is 2.25 bits per heavy atom. The number of amides is 1. The van der Waals surface area contributed by atoms with Gasteiger partial charge in [-0.2, -0.15) is 0 Å². The van der Waals surface area contributed by atoms with Crippen molar-refractivity contribution in [3.63, 3.8) is 0 Å². The molecule has 0 radical (unpaired) electrons. The summed E-state index contributed by atoms with van der Waals surface area (Å²) in [5, 5.41) is 8.92. The number of aliphatic carboxylic acids is 1. The lowest BCUT2D eigenvalue weighted by Gasteiger charge is -2.34. The van der Waals surface area contributed by atoms with Crippen LogP contribution in [0.25, 0.3) is 6.08 Å². The van der Waals surface area contributed by atoms with Gasteiger partial charge in [0, 0.05) is 28.4 Å². The van der Waals surface area contributed by atoms with E-state index in [4.69, 9.17) is 5.11 Å². The minimum Gasteiger partial charge on any atom is -0.481 e. The zero-order valence-corrected chi connectivity index (χ0v) is 12.4. The Bertz CT molecular complexity index is 521. The molecule has 108 valence electrons. The largest absolute Gasteiger partial charge is 0.481 e. The van der Waals surface area contributed by atoms with Crippen molar-refractivity contribution in [1.29, 1.82) is 0 Å². The Kier molecular flexibility index (Phi) is 4.95. The Morgan fingerprint density at radius 3 is 2.90 bits per heavy atom. The van der Waals surface area contributed by atoms with E-state index in [9.17, 15) is 9.59 Å². The van der Waals surface area contributed by atoms with Crippen LogP contribution in [0.2, 0.25) is 0 Å².